The average Bonchev–Trinajstić information content (AvgIpc) is 2.64. The number of aromatic nitrogens is 1. The van der Waals surface area contributed by atoms with Crippen molar-refractivity contribution in [2.45, 2.75) is 26.3 Å². The van der Waals surface area contributed by atoms with E-state index >= 15 is 0 Å². The van der Waals surface area contributed by atoms with E-state index in [1.165, 1.54) is 29.7 Å². The van der Waals surface area contributed by atoms with Crippen LogP contribution in [0.2, 0.25) is 0 Å². The topological polar surface area (TPSA) is 95.3 Å². The highest BCUT2D eigenvalue weighted by molar-refractivity contribution is 5.76. The van der Waals surface area contributed by atoms with E-state index in [0.29, 0.717) is 30.5 Å². The molecule has 2 aromatic rings. The molecule has 0 bridgehead atoms. The van der Waals surface area contributed by atoms with Gasteiger partial charge in [0.05, 0.1) is 10.4 Å². The molecule has 0 radical (unpaired) electrons. The van der Waals surface area contributed by atoms with Crippen molar-refractivity contribution in [3.05, 3.63) is 38.9 Å². The molecule has 19 heavy (non-hydrogen) atoms. The van der Waals surface area contributed by atoms with Gasteiger partial charge in [0.25, 0.3) is 5.69 Å². The molecule has 0 spiro atoms. The number of aryl methyl sites for hydroxylation is 1. The normalized spacial score (nSPS) is 10.8. The Hall–Kier alpha value is -2.44. The molecule has 1 heterocycles. The molecular weight excluding hydrogens is 252 g/mol. The number of nitrogens with zero attached hydrogens (tertiary/aromatic N) is 2. The summed E-state index contributed by atoms with van der Waals surface area (Å²) < 4.78 is 6.30. The second-order valence-electron chi connectivity index (χ2n) is 4.23. The maximum absolute atomic E-state index is 11.6. The Morgan fingerprint density at radius 2 is 2.21 bits per heavy atom. The number of Topliss-reactive ketones (excluding diaryl/α,β-unsaturated/α-hetero) is 1. The SMILES string of the molecule is CC(=O)CCCn1c(=O)oc2ccc([N+](=O)[O-])cc21. The fraction of sp³-hybridized carbons (Fsp3) is 0.333. The number of carbonyl (C=O) groups excluding carboxylic acids is 1. The Bertz CT molecular complexity index is 698. The van der Waals surface area contributed by atoms with Crippen LogP contribution in [0.5, 0.6) is 0 Å². The first-order valence-corrected chi connectivity index (χ1v) is 5.76. The first-order chi connectivity index (χ1) is 8.99. The number of carbonyl (C=O) groups is 1. The summed E-state index contributed by atoms with van der Waals surface area (Å²) in [4.78, 5) is 32.7. The van der Waals surface area contributed by atoms with E-state index in [0.717, 1.165) is 0 Å². The molecule has 0 N–H and O–H groups in total. The van der Waals surface area contributed by atoms with Gasteiger partial charge in [0.15, 0.2) is 5.58 Å². The zero-order valence-electron chi connectivity index (χ0n) is 10.3. The minimum atomic E-state index is -0.570. The van der Waals surface area contributed by atoms with Crippen molar-refractivity contribution in [1.82, 2.24) is 4.57 Å². The molecule has 0 saturated heterocycles. The average molecular weight is 264 g/mol. The van der Waals surface area contributed by atoms with Gasteiger partial charge in [-0.2, -0.15) is 0 Å². The van der Waals surface area contributed by atoms with Gasteiger partial charge in [0, 0.05) is 25.1 Å². The summed E-state index contributed by atoms with van der Waals surface area (Å²) in [5, 5.41) is 10.7. The molecule has 0 aliphatic rings. The Morgan fingerprint density at radius 3 is 2.84 bits per heavy atom. The molecule has 0 aliphatic carbocycles. The third-order valence-corrected chi connectivity index (χ3v) is 2.77. The van der Waals surface area contributed by atoms with E-state index in [-0.39, 0.29) is 11.5 Å². The minimum Gasteiger partial charge on any atom is -0.408 e. The molecule has 7 nitrogen and oxygen atoms in total. The number of nitro groups is 1. The zero-order valence-corrected chi connectivity index (χ0v) is 10.3. The number of hydrogen-bond acceptors (Lipinski definition) is 5. The van der Waals surface area contributed by atoms with Crippen LogP contribution >= 0.6 is 0 Å². The van der Waals surface area contributed by atoms with Crippen LogP contribution in [0, 0.1) is 10.1 Å². The second-order valence-corrected chi connectivity index (χ2v) is 4.23. The molecule has 1 aromatic heterocycles. The zero-order chi connectivity index (χ0) is 14.0. The fourth-order valence-corrected chi connectivity index (χ4v) is 1.86. The van der Waals surface area contributed by atoms with Gasteiger partial charge >= 0.3 is 5.76 Å². The van der Waals surface area contributed by atoms with Crippen molar-refractivity contribution < 1.29 is 14.1 Å². The van der Waals surface area contributed by atoms with Crippen LogP contribution in [0.3, 0.4) is 0 Å². The van der Waals surface area contributed by atoms with Crippen molar-refractivity contribution in [3.63, 3.8) is 0 Å². The monoisotopic (exact) mass is 264 g/mol. The highest BCUT2D eigenvalue weighted by Crippen LogP contribution is 2.20. The first-order valence-electron chi connectivity index (χ1n) is 5.76. The van der Waals surface area contributed by atoms with Crippen LogP contribution in [0.4, 0.5) is 5.69 Å². The summed E-state index contributed by atoms with van der Waals surface area (Å²) in [6, 6.07) is 3.98. The van der Waals surface area contributed by atoms with Gasteiger partial charge in [-0.05, 0) is 19.4 Å². The standard InChI is InChI=1S/C12H12N2O5/c1-8(15)3-2-6-13-10-7-9(14(17)18)4-5-11(10)19-12(13)16/h4-5,7H,2-3,6H2,1H3. The first kappa shape index (κ1) is 13.0. The largest absolute Gasteiger partial charge is 0.419 e. The van der Waals surface area contributed by atoms with Crippen LogP contribution in [0.1, 0.15) is 19.8 Å². The predicted molar refractivity (Wildman–Crippen MR) is 67.0 cm³/mol. The lowest BCUT2D eigenvalue weighted by molar-refractivity contribution is -0.384. The number of rotatable bonds is 5. The predicted octanol–water partition coefficient (Wildman–Crippen LogP) is 1.87. The molecule has 100 valence electrons. The number of hydrogen-bond donors (Lipinski definition) is 0. The Labute approximate surface area is 107 Å². The van der Waals surface area contributed by atoms with Crippen molar-refractivity contribution in [3.8, 4) is 0 Å². The minimum absolute atomic E-state index is 0.0341. The highest BCUT2D eigenvalue weighted by Gasteiger charge is 2.14. The number of benzene rings is 1. The molecule has 7 heteroatoms. The molecular formula is C12H12N2O5. The van der Waals surface area contributed by atoms with Gasteiger partial charge in [-0.3, -0.25) is 14.7 Å². The van der Waals surface area contributed by atoms with E-state index in [1.54, 1.807) is 0 Å². The van der Waals surface area contributed by atoms with E-state index in [9.17, 15) is 19.7 Å². The van der Waals surface area contributed by atoms with Crippen LogP contribution in [-0.2, 0) is 11.3 Å². The summed E-state index contributed by atoms with van der Waals surface area (Å²) in [5.74, 6) is -0.536. The van der Waals surface area contributed by atoms with Crippen molar-refractivity contribution in [2.24, 2.45) is 0 Å². The Morgan fingerprint density at radius 1 is 1.47 bits per heavy atom. The fourth-order valence-electron chi connectivity index (χ4n) is 1.86. The molecule has 1 aromatic carbocycles. The smallest absolute Gasteiger partial charge is 0.408 e. The highest BCUT2D eigenvalue weighted by atomic mass is 16.6. The number of nitro benzene ring substituents is 1. The molecule has 2 rings (SSSR count). The van der Waals surface area contributed by atoms with Gasteiger partial charge in [-0.15, -0.1) is 0 Å². The van der Waals surface area contributed by atoms with Gasteiger partial charge < -0.3 is 9.21 Å². The quantitative estimate of drug-likeness (QED) is 0.606. The lowest BCUT2D eigenvalue weighted by atomic mass is 10.2. The van der Waals surface area contributed by atoms with Crippen LogP contribution in [-0.4, -0.2) is 15.3 Å². The van der Waals surface area contributed by atoms with Crippen LogP contribution in [0.25, 0.3) is 11.1 Å². The molecule has 0 unspecified atom stereocenters. The summed E-state index contributed by atoms with van der Waals surface area (Å²) in [6.45, 7) is 1.77. The van der Waals surface area contributed by atoms with E-state index in [4.69, 9.17) is 4.42 Å². The third kappa shape index (κ3) is 2.70. The Kier molecular flexibility index (Phi) is 3.46. The number of oxazole rings is 1. The summed E-state index contributed by atoms with van der Waals surface area (Å²) in [6.07, 6.45) is 0.848. The Balaban J connectivity index is 2.38. The summed E-state index contributed by atoms with van der Waals surface area (Å²) >= 11 is 0. The van der Waals surface area contributed by atoms with E-state index in [2.05, 4.69) is 0 Å². The van der Waals surface area contributed by atoms with Crippen molar-refractivity contribution in [2.75, 3.05) is 0 Å². The van der Waals surface area contributed by atoms with Gasteiger partial charge in [0.2, 0.25) is 0 Å². The second kappa shape index (κ2) is 5.05. The van der Waals surface area contributed by atoms with Crippen molar-refractivity contribution >= 4 is 22.6 Å². The van der Waals surface area contributed by atoms with Gasteiger partial charge in [0.1, 0.15) is 5.78 Å². The van der Waals surface area contributed by atoms with E-state index < -0.39 is 10.7 Å². The maximum Gasteiger partial charge on any atom is 0.419 e. The lowest BCUT2D eigenvalue weighted by Gasteiger charge is -2.00. The molecule has 0 saturated carbocycles. The third-order valence-electron chi connectivity index (χ3n) is 2.77. The number of ketones is 1. The maximum atomic E-state index is 11.6. The van der Waals surface area contributed by atoms with Crippen LogP contribution < -0.4 is 5.76 Å². The lowest BCUT2D eigenvalue weighted by Crippen LogP contribution is -2.14. The summed E-state index contributed by atoms with van der Waals surface area (Å²) in [7, 11) is 0. The van der Waals surface area contributed by atoms with E-state index in [1.807, 2.05) is 0 Å². The molecule has 0 atom stereocenters. The molecule has 0 fully saturated rings. The molecule has 0 aliphatic heterocycles. The number of non-ortho nitro benzene ring substituents is 1. The van der Waals surface area contributed by atoms with Gasteiger partial charge in [-0.25, -0.2) is 4.79 Å². The van der Waals surface area contributed by atoms with Crippen LogP contribution in [0.15, 0.2) is 27.4 Å². The van der Waals surface area contributed by atoms with Gasteiger partial charge in [-0.1, -0.05) is 0 Å². The number of fused-ring (bicyclic) bond motifs is 1. The molecule has 0 amide bonds. The van der Waals surface area contributed by atoms with Crippen molar-refractivity contribution in [1.29, 1.82) is 0 Å². The summed E-state index contributed by atoms with van der Waals surface area (Å²) in [5.41, 5.74) is 0.579.